The summed E-state index contributed by atoms with van der Waals surface area (Å²) in [4.78, 5) is 0. The Hall–Kier alpha value is -2.85. The summed E-state index contributed by atoms with van der Waals surface area (Å²) in [6.45, 7) is 0.285. The van der Waals surface area contributed by atoms with Crippen LogP contribution in [0.25, 0.3) is 0 Å². The fourth-order valence-electron chi connectivity index (χ4n) is 2.40. The van der Waals surface area contributed by atoms with Gasteiger partial charge in [0.2, 0.25) is 0 Å². The maximum atomic E-state index is 12.9. The van der Waals surface area contributed by atoms with Crippen LogP contribution in [0.15, 0.2) is 78.9 Å². The molecular weight excluding hydrogens is 319 g/mol. The third kappa shape index (κ3) is 4.81. The first-order valence-corrected chi connectivity index (χ1v) is 8.04. The quantitative estimate of drug-likeness (QED) is 0.688. The number of hydrogen-bond donors (Lipinski definition) is 1. The van der Waals surface area contributed by atoms with Crippen LogP contribution in [0, 0.1) is 5.82 Å². The summed E-state index contributed by atoms with van der Waals surface area (Å²) in [7, 11) is 0. The Kier molecular flexibility index (Phi) is 5.65. The molecule has 0 aliphatic rings. The highest BCUT2D eigenvalue weighted by atomic mass is 19.1. The highest BCUT2D eigenvalue weighted by molar-refractivity contribution is 5.29. The molecule has 0 bridgehead atoms. The summed E-state index contributed by atoms with van der Waals surface area (Å²) >= 11 is 0. The maximum absolute atomic E-state index is 12.9. The van der Waals surface area contributed by atoms with E-state index in [2.05, 4.69) is 0 Å². The largest absolute Gasteiger partial charge is 0.489 e. The predicted octanol–water partition coefficient (Wildman–Crippen LogP) is 4.52. The minimum Gasteiger partial charge on any atom is -0.489 e. The topological polar surface area (TPSA) is 38.7 Å². The molecule has 0 aromatic heterocycles. The summed E-state index contributed by atoms with van der Waals surface area (Å²) in [5, 5.41) is 9.55. The van der Waals surface area contributed by atoms with Gasteiger partial charge in [-0.15, -0.1) is 0 Å². The van der Waals surface area contributed by atoms with Crippen molar-refractivity contribution in [1.29, 1.82) is 0 Å². The number of rotatable bonds is 7. The van der Waals surface area contributed by atoms with E-state index in [4.69, 9.17) is 9.47 Å². The van der Waals surface area contributed by atoms with E-state index in [9.17, 15) is 9.50 Å². The molecule has 3 nitrogen and oxygen atoms in total. The number of hydrogen-bond acceptors (Lipinski definition) is 3. The summed E-state index contributed by atoms with van der Waals surface area (Å²) in [6.07, 6.45) is -0.400. The van der Waals surface area contributed by atoms with Crippen LogP contribution in [0.5, 0.6) is 11.5 Å². The molecule has 128 valence electrons. The van der Waals surface area contributed by atoms with Gasteiger partial charge in [-0.2, -0.15) is 0 Å². The van der Waals surface area contributed by atoms with E-state index in [1.54, 1.807) is 12.1 Å². The Morgan fingerprint density at radius 1 is 0.800 bits per heavy atom. The number of ether oxygens (including phenoxy) is 2. The van der Waals surface area contributed by atoms with Gasteiger partial charge in [0.05, 0.1) is 6.61 Å². The molecular formula is C21H19FO3. The molecule has 0 saturated heterocycles. The Bertz CT molecular complexity index is 771. The monoisotopic (exact) mass is 338 g/mol. The van der Waals surface area contributed by atoms with Crippen LogP contribution in [0.1, 0.15) is 17.2 Å². The van der Waals surface area contributed by atoms with Crippen molar-refractivity contribution < 1.29 is 19.0 Å². The lowest BCUT2D eigenvalue weighted by atomic mass is 10.1. The zero-order chi connectivity index (χ0) is 17.5. The molecule has 0 aliphatic heterocycles. The van der Waals surface area contributed by atoms with Crippen molar-refractivity contribution in [1.82, 2.24) is 0 Å². The molecule has 0 aliphatic carbocycles. The number of halogens is 1. The second-order valence-corrected chi connectivity index (χ2v) is 5.59. The summed E-state index contributed by atoms with van der Waals surface area (Å²) < 4.78 is 24.3. The van der Waals surface area contributed by atoms with Gasteiger partial charge in [0.25, 0.3) is 0 Å². The predicted molar refractivity (Wildman–Crippen MR) is 94.1 cm³/mol. The van der Waals surface area contributed by atoms with E-state index in [0.717, 1.165) is 11.1 Å². The van der Waals surface area contributed by atoms with Crippen LogP contribution >= 0.6 is 0 Å². The van der Waals surface area contributed by atoms with Crippen molar-refractivity contribution in [2.45, 2.75) is 12.7 Å². The summed E-state index contributed by atoms with van der Waals surface area (Å²) in [6, 6.07) is 23.0. The normalized spacial score (nSPS) is 11.8. The van der Waals surface area contributed by atoms with Crippen molar-refractivity contribution in [3.63, 3.8) is 0 Å². The fraction of sp³-hybridized carbons (Fsp3) is 0.143. The Morgan fingerprint density at radius 3 is 2.08 bits per heavy atom. The van der Waals surface area contributed by atoms with Gasteiger partial charge < -0.3 is 14.6 Å². The average molecular weight is 338 g/mol. The van der Waals surface area contributed by atoms with Crippen molar-refractivity contribution in [2.75, 3.05) is 6.61 Å². The first-order chi connectivity index (χ1) is 12.2. The minimum absolute atomic E-state index is 0.0978. The zero-order valence-electron chi connectivity index (χ0n) is 13.6. The lowest BCUT2D eigenvalue weighted by molar-refractivity contribution is 0.116. The van der Waals surface area contributed by atoms with Crippen LogP contribution < -0.4 is 9.47 Å². The third-order valence-electron chi connectivity index (χ3n) is 3.76. The van der Waals surface area contributed by atoms with Gasteiger partial charge in [-0.1, -0.05) is 42.5 Å². The maximum Gasteiger partial charge on any atom is 0.147 e. The second-order valence-electron chi connectivity index (χ2n) is 5.59. The van der Waals surface area contributed by atoms with Crippen LogP contribution in [0.3, 0.4) is 0 Å². The van der Waals surface area contributed by atoms with E-state index in [1.165, 1.54) is 12.1 Å². The minimum atomic E-state index is -0.400. The number of benzene rings is 3. The van der Waals surface area contributed by atoms with E-state index < -0.39 is 6.10 Å². The van der Waals surface area contributed by atoms with Crippen molar-refractivity contribution in [3.8, 4) is 11.5 Å². The average Bonchev–Trinajstić information content (AvgIpc) is 2.67. The Labute approximate surface area is 146 Å². The van der Waals surface area contributed by atoms with Crippen LogP contribution in [0.4, 0.5) is 4.39 Å². The summed E-state index contributed by atoms with van der Waals surface area (Å²) in [5.41, 5.74) is 1.89. The molecule has 3 aromatic rings. The molecule has 3 rings (SSSR count). The fourth-order valence-corrected chi connectivity index (χ4v) is 2.40. The van der Waals surface area contributed by atoms with Gasteiger partial charge in [0.15, 0.2) is 0 Å². The number of aliphatic hydroxyl groups is 1. The van der Waals surface area contributed by atoms with Gasteiger partial charge in [-0.05, 0) is 47.5 Å². The van der Waals surface area contributed by atoms with Crippen molar-refractivity contribution in [2.24, 2.45) is 0 Å². The van der Waals surface area contributed by atoms with Gasteiger partial charge in [0, 0.05) is 0 Å². The molecule has 0 saturated carbocycles. The van der Waals surface area contributed by atoms with Crippen molar-refractivity contribution >= 4 is 0 Å². The third-order valence-corrected chi connectivity index (χ3v) is 3.76. The van der Waals surface area contributed by atoms with Gasteiger partial charge in [-0.25, -0.2) is 4.39 Å². The van der Waals surface area contributed by atoms with E-state index in [0.29, 0.717) is 18.1 Å². The zero-order valence-corrected chi connectivity index (χ0v) is 13.6. The molecule has 1 atom stereocenters. The molecule has 0 amide bonds. The SMILES string of the molecule is OCC(Oc1ccc(COc2ccc(F)cc2)cc1)c1ccccc1. The highest BCUT2D eigenvalue weighted by Crippen LogP contribution is 2.22. The molecule has 25 heavy (non-hydrogen) atoms. The summed E-state index contributed by atoms with van der Waals surface area (Å²) in [5.74, 6) is 1.00. The lowest BCUT2D eigenvalue weighted by Gasteiger charge is -2.17. The molecule has 3 aromatic carbocycles. The Morgan fingerprint density at radius 2 is 1.44 bits per heavy atom. The van der Waals surface area contributed by atoms with Gasteiger partial charge >= 0.3 is 0 Å². The molecule has 4 heteroatoms. The second kappa shape index (κ2) is 8.31. The van der Waals surface area contributed by atoms with Crippen molar-refractivity contribution in [3.05, 3.63) is 95.8 Å². The van der Waals surface area contributed by atoms with Crippen LogP contribution in [-0.4, -0.2) is 11.7 Å². The first kappa shape index (κ1) is 17.0. The Balaban J connectivity index is 1.59. The van der Waals surface area contributed by atoms with Crippen LogP contribution in [0.2, 0.25) is 0 Å². The molecule has 0 heterocycles. The standard InChI is InChI=1S/C21H19FO3/c22-18-8-12-19(13-9-18)24-15-16-6-10-20(11-7-16)25-21(14-23)17-4-2-1-3-5-17/h1-13,21,23H,14-15H2. The van der Waals surface area contributed by atoms with E-state index in [-0.39, 0.29) is 12.4 Å². The smallest absolute Gasteiger partial charge is 0.147 e. The van der Waals surface area contributed by atoms with Gasteiger partial charge in [0.1, 0.15) is 30.0 Å². The molecule has 1 unspecified atom stereocenters. The molecule has 0 fully saturated rings. The molecule has 1 N–H and O–H groups in total. The lowest BCUT2D eigenvalue weighted by Crippen LogP contribution is -2.11. The van der Waals surface area contributed by atoms with Gasteiger partial charge in [-0.3, -0.25) is 0 Å². The molecule has 0 spiro atoms. The first-order valence-electron chi connectivity index (χ1n) is 8.04. The highest BCUT2D eigenvalue weighted by Gasteiger charge is 2.11. The van der Waals surface area contributed by atoms with E-state index >= 15 is 0 Å². The number of aliphatic hydroxyl groups excluding tert-OH is 1. The molecule has 0 radical (unpaired) electrons. The van der Waals surface area contributed by atoms with E-state index in [1.807, 2.05) is 54.6 Å². The van der Waals surface area contributed by atoms with Crippen LogP contribution in [-0.2, 0) is 6.61 Å².